The van der Waals surface area contributed by atoms with Crippen molar-refractivity contribution in [2.75, 3.05) is 6.61 Å². The van der Waals surface area contributed by atoms with Crippen LogP contribution in [-0.4, -0.2) is 22.8 Å². The molecular formula is C11H23NO. The Morgan fingerprint density at radius 2 is 1.62 bits per heavy atom. The first-order valence-electron chi connectivity index (χ1n) is 5.07. The van der Waals surface area contributed by atoms with E-state index in [2.05, 4.69) is 46.9 Å². The highest BCUT2D eigenvalue weighted by atomic mass is 16.3. The molecule has 0 aliphatic carbocycles. The van der Waals surface area contributed by atoms with Gasteiger partial charge in [0.1, 0.15) is 0 Å². The number of aliphatic hydroxyl groups is 1. The third-order valence-electron chi connectivity index (χ3n) is 4.58. The highest BCUT2D eigenvalue weighted by Crippen LogP contribution is 2.49. The minimum atomic E-state index is -0.132. The van der Waals surface area contributed by atoms with E-state index in [1.807, 2.05) is 0 Å². The molecule has 0 radical (unpaired) electrons. The van der Waals surface area contributed by atoms with Crippen LogP contribution in [0.15, 0.2) is 0 Å². The molecule has 1 heterocycles. The number of hydrogen-bond acceptors (Lipinski definition) is 2. The second-order valence-corrected chi connectivity index (χ2v) is 5.77. The van der Waals surface area contributed by atoms with Gasteiger partial charge in [0.25, 0.3) is 0 Å². The molecule has 2 N–H and O–H groups in total. The second kappa shape index (κ2) is 2.71. The first-order chi connectivity index (χ1) is 5.67. The second-order valence-electron chi connectivity index (χ2n) is 5.77. The molecule has 0 spiro atoms. The lowest BCUT2D eigenvalue weighted by Gasteiger charge is -2.37. The molecule has 2 heteroatoms. The molecule has 1 saturated heterocycles. The summed E-state index contributed by atoms with van der Waals surface area (Å²) >= 11 is 0. The van der Waals surface area contributed by atoms with Crippen molar-refractivity contribution in [2.45, 2.75) is 52.6 Å². The molecule has 1 unspecified atom stereocenters. The summed E-state index contributed by atoms with van der Waals surface area (Å²) < 4.78 is 0. The van der Waals surface area contributed by atoms with E-state index < -0.39 is 0 Å². The van der Waals surface area contributed by atoms with Gasteiger partial charge in [-0.2, -0.15) is 0 Å². The molecule has 0 saturated carbocycles. The van der Waals surface area contributed by atoms with Crippen molar-refractivity contribution in [3.8, 4) is 0 Å². The van der Waals surface area contributed by atoms with Gasteiger partial charge in [0.15, 0.2) is 0 Å². The van der Waals surface area contributed by atoms with Gasteiger partial charge in [-0.15, -0.1) is 0 Å². The monoisotopic (exact) mass is 185 g/mol. The predicted molar refractivity (Wildman–Crippen MR) is 55.7 cm³/mol. The van der Waals surface area contributed by atoms with Gasteiger partial charge in [-0.3, -0.25) is 0 Å². The third kappa shape index (κ3) is 1.31. The largest absolute Gasteiger partial charge is 0.394 e. The maximum Gasteiger partial charge on any atom is 0.0613 e. The van der Waals surface area contributed by atoms with Gasteiger partial charge < -0.3 is 10.4 Å². The summed E-state index contributed by atoms with van der Waals surface area (Å²) in [6.45, 7) is 13.5. The maximum absolute atomic E-state index is 9.40. The summed E-state index contributed by atoms with van der Waals surface area (Å²) in [4.78, 5) is 0. The lowest BCUT2D eigenvalue weighted by Crippen LogP contribution is -2.50. The number of hydrogen-bond donors (Lipinski definition) is 2. The fraction of sp³-hybridized carbons (Fsp3) is 1.00. The van der Waals surface area contributed by atoms with Gasteiger partial charge in [-0.1, -0.05) is 20.8 Å². The van der Waals surface area contributed by atoms with Gasteiger partial charge in [0, 0.05) is 11.1 Å². The van der Waals surface area contributed by atoms with Crippen LogP contribution in [-0.2, 0) is 0 Å². The first-order valence-corrected chi connectivity index (χ1v) is 5.07. The van der Waals surface area contributed by atoms with E-state index in [9.17, 15) is 5.11 Å². The zero-order valence-electron chi connectivity index (χ0n) is 9.73. The van der Waals surface area contributed by atoms with Crippen molar-refractivity contribution in [1.82, 2.24) is 5.32 Å². The fourth-order valence-corrected chi connectivity index (χ4v) is 2.50. The summed E-state index contributed by atoms with van der Waals surface area (Å²) in [6.07, 6.45) is 0. The highest BCUT2D eigenvalue weighted by molar-refractivity contribution is 5.13. The van der Waals surface area contributed by atoms with Crippen LogP contribution in [0.2, 0.25) is 0 Å². The number of rotatable bonds is 1. The average molecular weight is 185 g/mol. The minimum absolute atomic E-state index is 0.0872. The Morgan fingerprint density at radius 3 is 1.77 bits per heavy atom. The van der Waals surface area contributed by atoms with Crippen molar-refractivity contribution < 1.29 is 5.11 Å². The normalized spacial score (nSPS) is 42.2. The summed E-state index contributed by atoms with van der Waals surface area (Å²) in [6, 6.07) is 0. The Kier molecular flexibility index (Phi) is 2.29. The maximum atomic E-state index is 9.40. The SMILES string of the molecule is CC1C(C)(C)C(C)(C)N[C@]1(C)CO. The van der Waals surface area contributed by atoms with Gasteiger partial charge in [-0.25, -0.2) is 0 Å². The van der Waals surface area contributed by atoms with E-state index in [-0.39, 0.29) is 23.1 Å². The topological polar surface area (TPSA) is 32.3 Å². The molecule has 0 bridgehead atoms. The van der Waals surface area contributed by atoms with Crippen molar-refractivity contribution in [3.63, 3.8) is 0 Å². The van der Waals surface area contributed by atoms with Crippen LogP contribution in [0.1, 0.15) is 41.5 Å². The van der Waals surface area contributed by atoms with E-state index in [0.29, 0.717) is 5.92 Å². The minimum Gasteiger partial charge on any atom is -0.394 e. The first kappa shape index (κ1) is 11.0. The Bertz CT molecular complexity index is 210. The lowest BCUT2D eigenvalue weighted by atomic mass is 9.67. The van der Waals surface area contributed by atoms with Crippen LogP contribution >= 0.6 is 0 Å². The molecule has 1 fully saturated rings. The van der Waals surface area contributed by atoms with Gasteiger partial charge in [-0.05, 0) is 32.1 Å². The smallest absolute Gasteiger partial charge is 0.0613 e. The molecular weight excluding hydrogens is 162 g/mol. The van der Waals surface area contributed by atoms with Crippen LogP contribution in [0, 0.1) is 11.3 Å². The molecule has 13 heavy (non-hydrogen) atoms. The van der Waals surface area contributed by atoms with E-state index in [4.69, 9.17) is 0 Å². The van der Waals surface area contributed by atoms with E-state index >= 15 is 0 Å². The highest BCUT2D eigenvalue weighted by Gasteiger charge is 2.56. The van der Waals surface area contributed by atoms with E-state index in [1.165, 1.54) is 0 Å². The van der Waals surface area contributed by atoms with Crippen LogP contribution < -0.4 is 5.32 Å². The molecule has 1 aliphatic rings. The predicted octanol–water partition coefficient (Wildman–Crippen LogP) is 1.78. The van der Waals surface area contributed by atoms with E-state index in [0.717, 1.165) is 0 Å². The van der Waals surface area contributed by atoms with Gasteiger partial charge in [0.05, 0.1) is 6.61 Å². The van der Waals surface area contributed by atoms with Crippen LogP contribution in [0.3, 0.4) is 0 Å². The van der Waals surface area contributed by atoms with Crippen molar-refractivity contribution in [3.05, 3.63) is 0 Å². The molecule has 0 aromatic rings. The van der Waals surface area contributed by atoms with E-state index in [1.54, 1.807) is 0 Å². The molecule has 2 nitrogen and oxygen atoms in total. The van der Waals surface area contributed by atoms with Crippen LogP contribution in [0.5, 0.6) is 0 Å². The zero-order valence-corrected chi connectivity index (χ0v) is 9.73. The Labute approximate surface area is 81.7 Å². The fourth-order valence-electron chi connectivity index (χ4n) is 2.50. The third-order valence-corrected chi connectivity index (χ3v) is 4.58. The Balaban J connectivity index is 3.05. The van der Waals surface area contributed by atoms with Crippen molar-refractivity contribution >= 4 is 0 Å². The number of aliphatic hydroxyl groups excluding tert-OH is 1. The molecule has 0 aromatic carbocycles. The standard InChI is InChI=1S/C11H23NO/c1-8-9(2,3)10(4,5)12-11(8,6)7-13/h8,12-13H,7H2,1-6H3/t8?,11-/m1/s1. The summed E-state index contributed by atoms with van der Waals surface area (Å²) in [7, 11) is 0. The summed E-state index contributed by atoms with van der Waals surface area (Å²) in [5.41, 5.74) is 0.168. The lowest BCUT2D eigenvalue weighted by molar-refractivity contribution is 0.127. The molecule has 1 aliphatic heterocycles. The van der Waals surface area contributed by atoms with Crippen LogP contribution in [0.4, 0.5) is 0 Å². The molecule has 1 rings (SSSR count). The summed E-state index contributed by atoms with van der Waals surface area (Å²) in [5.74, 6) is 0.472. The zero-order chi connectivity index (χ0) is 10.5. The van der Waals surface area contributed by atoms with Crippen LogP contribution in [0.25, 0.3) is 0 Å². The molecule has 0 aromatic heterocycles. The van der Waals surface area contributed by atoms with Crippen molar-refractivity contribution in [1.29, 1.82) is 0 Å². The Morgan fingerprint density at radius 1 is 1.15 bits per heavy atom. The molecule has 0 amide bonds. The Hall–Kier alpha value is -0.0800. The van der Waals surface area contributed by atoms with Crippen molar-refractivity contribution in [2.24, 2.45) is 11.3 Å². The van der Waals surface area contributed by atoms with Gasteiger partial charge >= 0.3 is 0 Å². The quantitative estimate of drug-likeness (QED) is 0.652. The molecule has 78 valence electrons. The van der Waals surface area contributed by atoms with Gasteiger partial charge in [0.2, 0.25) is 0 Å². The summed E-state index contributed by atoms with van der Waals surface area (Å²) in [5, 5.41) is 12.9. The average Bonchev–Trinajstić information content (AvgIpc) is 2.11. The number of nitrogens with one attached hydrogen (secondary N) is 1. The molecule has 2 atom stereocenters.